The zero-order chi connectivity index (χ0) is 20.1. The molecule has 1 amide bonds. The predicted molar refractivity (Wildman–Crippen MR) is 110 cm³/mol. The fraction of sp³-hybridized carbons (Fsp3) is 0.591. The quantitative estimate of drug-likeness (QED) is 0.730. The van der Waals surface area contributed by atoms with Gasteiger partial charge in [0.15, 0.2) is 0 Å². The van der Waals surface area contributed by atoms with Crippen molar-refractivity contribution < 1.29 is 9.32 Å². The summed E-state index contributed by atoms with van der Waals surface area (Å²) in [5.74, 6) is 2.43. The first kappa shape index (κ1) is 20.5. The number of carbonyl (C=O) groups excluding carboxylic acids is 1. The van der Waals surface area contributed by atoms with E-state index in [9.17, 15) is 4.79 Å². The van der Waals surface area contributed by atoms with E-state index in [-0.39, 0.29) is 5.91 Å². The SMILES string of the molecule is CC(C)CN1CCN(C(=O)CCc2nc(-c3ccc(C(C)C)cc3)no2)CC1. The highest BCUT2D eigenvalue weighted by atomic mass is 16.5. The highest BCUT2D eigenvalue weighted by molar-refractivity contribution is 5.76. The lowest BCUT2D eigenvalue weighted by molar-refractivity contribution is -0.133. The minimum atomic E-state index is 0.172. The van der Waals surface area contributed by atoms with Crippen LogP contribution in [0.5, 0.6) is 0 Å². The van der Waals surface area contributed by atoms with Gasteiger partial charge in [0.05, 0.1) is 0 Å². The van der Waals surface area contributed by atoms with E-state index in [1.165, 1.54) is 5.56 Å². The molecule has 1 aliphatic rings. The van der Waals surface area contributed by atoms with Gasteiger partial charge in [-0.15, -0.1) is 0 Å². The molecule has 6 heteroatoms. The molecule has 2 heterocycles. The Balaban J connectivity index is 1.48. The molecule has 1 fully saturated rings. The summed E-state index contributed by atoms with van der Waals surface area (Å²) < 4.78 is 5.36. The van der Waals surface area contributed by atoms with Crippen LogP contribution in [-0.4, -0.2) is 58.6 Å². The Morgan fingerprint density at radius 3 is 2.36 bits per heavy atom. The van der Waals surface area contributed by atoms with Crippen molar-refractivity contribution in [2.45, 2.75) is 46.5 Å². The van der Waals surface area contributed by atoms with E-state index in [1.54, 1.807) is 0 Å². The Morgan fingerprint density at radius 1 is 1.07 bits per heavy atom. The van der Waals surface area contributed by atoms with Crippen molar-refractivity contribution in [3.8, 4) is 11.4 Å². The van der Waals surface area contributed by atoms with Gasteiger partial charge < -0.3 is 9.42 Å². The molecule has 1 aromatic carbocycles. The minimum Gasteiger partial charge on any atom is -0.340 e. The van der Waals surface area contributed by atoms with Crippen LogP contribution in [0, 0.1) is 5.92 Å². The molecule has 1 aliphatic heterocycles. The van der Waals surface area contributed by atoms with E-state index in [1.807, 2.05) is 17.0 Å². The van der Waals surface area contributed by atoms with E-state index in [0.29, 0.717) is 36.4 Å². The Kier molecular flexibility index (Phi) is 6.83. The largest absolute Gasteiger partial charge is 0.340 e. The number of hydrogen-bond donors (Lipinski definition) is 0. The average Bonchev–Trinajstić information content (AvgIpc) is 3.15. The molecule has 0 N–H and O–H groups in total. The van der Waals surface area contributed by atoms with E-state index in [0.717, 1.165) is 38.3 Å². The van der Waals surface area contributed by atoms with E-state index in [2.05, 4.69) is 54.9 Å². The average molecular weight is 385 g/mol. The third kappa shape index (κ3) is 5.41. The maximum atomic E-state index is 12.5. The van der Waals surface area contributed by atoms with Crippen LogP contribution in [0.1, 0.15) is 51.5 Å². The fourth-order valence-electron chi connectivity index (χ4n) is 3.56. The molecule has 0 aliphatic carbocycles. The normalized spacial score (nSPS) is 15.6. The first-order chi connectivity index (χ1) is 13.4. The maximum absolute atomic E-state index is 12.5. The van der Waals surface area contributed by atoms with Gasteiger partial charge in [0.1, 0.15) is 0 Å². The van der Waals surface area contributed by atoms with Crippen LogP contribution in [0.2, 0.25) is 0 Å². The Labute approximate surface area is 167 Å². The number of aromatic nitrogens is 2. The van der Waals surface area contributed by atoms with Crippen LogP contribution in [0.4, 0.5) is 0 Å². The minimum absolute atomic E-state index is 0.172. The van der Waals surface area contributed by atoms with Gasteiger partial charge in [-0.2, -0.15) is 4.98 Å². The monoisotopic (exact) mass is 384 g/mol. The molecule has 2 aromatic rings. The fourth-order valence-corrected chi connectivity index (χ4v) is 3.56. The Bertz CT molecular complexity index is 759. The lowest BCUT2D eigenvalue weighted by Crippen LogP contribution is -2.49. The van der Waals surface area contributed by atoms with E-state index >= 15 is 0 Å². The van der Waals surface area contributed by atoms with E-state index < -0.39 is 0 Å². The second kappa shape index (κ2) is 9.32. The number of benzene rings is 1. The lowest BCUT2D eigenvalue weighted by Gasteiger charge is -2.35. The molecule has 0 unspecified atom stereocenters. The molecule has 28 heavy (non-hydrogen) atoms. The number of amides is 1. The van der Waals surface area contributed by atoms with Gasteiger partial charge >= 0.3 is 0 Å². The molecule has 0 atom stereocenters. The molecule has 0 bridgehead atoms. The number of aryl methyl sites for hydroxylation is 1. The van der Waals surface area contributed by atoms with Gasteiger partial charge in [-0.05, 0) is 17.4 Å². The topological polar surface area (TPSA) is 62.5 Å². The van der Waals surface area contributed by atoms with Crippen molar-refractivity contribution in [2.24, 2.45) is 5.92 Å². The standard InChI is InChI=1S/C22H32N4O2/c1-16(2)15-25-11-13-26(14-12-25)21(27)10-9-20-23-22(24-28-20)19-7-5-18(6-8-19)17(3)4/h5-8,16-17H,9-15H2,1-4H3. The molecular weight excluding hydrogens is 352 g/mol. The van der Waals surface area contributed by atoms with E-state index in [4.69, 9.17) is 4.52 Å². The second-order valence-electron chi connectivity index (χ2n) is 8.36. The molecule has 1 aromatic heterocycles. The summed E-state index contributed by atoms with van der Waals surface area (Å²) in [5.41, 5.74) is 2.22. The summed E-state index contributed by atoms with van der Waals surface area (Å²) in [6.45, 7) is 13.4. The van der Waals surface area contributed by atoms with Crippen LogP contribution in [0.3, 0.4) is 0 Å². The number of rotatable bonds is 7. The third-order valence-electron chi connectivity index (χ3n) is 5.20. The van der Waals surface area contributed by atoms with Gasteiger partial charge in [-0.3, -0.25) is 9.69 Å². The summed E-state index contributed by atoms with van der Waals surface area (Å²) in [7, 11) is 0. The molecule has 152 valence electrons. The van der Waals surface area contributed by atoms with Gasteiger partial charge in [0.2, 0.25) is 17.6 Å². The number of piperazine rings is 1. The van der Waals surface area contributed by atoms with Crippen LogP contribution >= 0.6 is 0 Å². The second-order valence-corrected chi connectivity index (χ2v) is 8.36. The highest BCUT2D eigenvalue weighted by Crippen LogP contribution is 2.21. The molecule has 0 spiro atoms. The van der Waals surface area contributed by atoms with Gasteiger partial charge in [-0.1, -0.05) is 57.1 Å². The van der Waals surface area contributed by atoms with Crippen molar-refractivity contribution in [2.75, 3.05) is 32.7 Å². The Hall–Kier alpha value is -2.21. The molecule has 1 saturated heterocycles. The van der Waals surface area contributed by atoms with Gasteiger partial charge in [0, 0.05) is 51.1 Å². The summed E-state index contributed by atoms with van der Waals surface area (Å²) in [4.78, 5) is 21.3. The van der Waals surface area contributed by atoms with Crippen molar-refractivity contribution in [1.29, 1.82) is 0 Å². The Morgan fingerprint density at radius 2 is 1.75 bits per heavy atom. The van der Waals surface area contributed by atoms with Crippen LogP contribution < -0.4 is 0 Å². The van der Waals surface area contributed by atoms with Crippen LogP contribution in [0.25, 0.3) is 11.4 Å². The zero-order valence-electron chi connectivity index (χ0n) is 17.5. The summed E-state index contributed by atoms with van der Waals surface area (Å²) >= 11 is 0. The molecule has 3 rings (SSSR count). The van der Waals surface area contributed by atoms with Crippen molar-refractivity contribution >= 4 is 5.91 Å². The summed E-state index contributed by atoms with van der Waals surface area (Å²) in [5, 5.41) is 4.07. The summed E-state index contributed by atoms with van der Waals surface area (Å²) in [6, 6.07) is 8.23. The number of hydrogen-bond acceptors (Lipinski definition) is 5. The molecule has 6 nitrogen and oxygen atoms in total. The van der Waals surface area contributed by atoms with Crippen molar-refractivity contribution in [3.63, 3.8) is 0 Å². The smallest absolute Gasteiger partial charge is 0.227 e. The predicted octanol–water partition coefficient (Wildman–Crippen LogP) is 3.59. The molecular formula is C22H32N4O2. The first-order valence-electron chi connectivity index (χ1n) is 10.4. The number of nitrogens with zero attached hydrogens (tertiary/aromatic N) is 4. The summed E-state index contributed by atoms with van der Waals surface area (Å²) in [6.07, 6.45) is 0.903. The van der Waals surface area contributed by atoms with Crippen LogP contribution in [-0.2, 0) is 11.2 Å². The maximum Gasteiger partial charge on any atom is 0.227 e. The number of carbonyl (C=O) groups is 1. The van der Waals surface area contributed by atoms with Crippen molar-refractivity contribution in [3.05, 3.63) is 35.7 Å². The van der Waals surface area contributed by atoms with Crippen LogP contribution in [0.15, 0.2) is 28.8 Å². The third-order valence-corrected chi connectivity index (χ3v) is 5.20. The molecule has 0 radical (unpaired) electrons. The van der Waals surface area contributed by atoms with Gasteiger partial charge in [-0.25, -0.2) is 0 Å². The zero-order valence-corrected chi connectivity index (χ0v) is 17.5. The lowest BCUT2D eigenvalue weighted by atomic mass is 10.0. The highest BCUT2D eigenvalue weighted by Gasteiger charge is 2.22. The first-order valence-corrected chi connectivity index (χ1v) is 10.4. The molecule has 0 saturated carbocycles. The van der Waals surface area contributed by atoms with Crippen molar-refractivity contribution in [1.82, 2.24) is 19.9 Å². The van der Waals surface area contributed by atoms with Gasteiger partial charge in [0.25, 0.3) is 0 Å².